The summed E-state index contributed by atoms with van der Waals surface area (Å²) in [5.41, 5.74) is 2.42. The van der Waals surface area contributed by atoms with Crippen molar-refractivity contribution in [3.05, 3.63) is 23.8 Å². The van der Waals surface area contributed by atoms with Crippen molar-refractivity contribution in [1.82, 2.24) is 5.32 Å². The molecule has 2 rings (SSSR count). The van der Waals surface area contributed by atoms with Gasteiger partial charge in [-0.3, -0.25) is 9.59 Å². The zero-order chi connectivity index (χ0) is 14.5. The zero-order valence-electron chi connectivity index (χ0n) is 12.0. The summed E-state index contributed by atoms with van der Waals surface area (Å²) < 4.78 is 0. The van der Waals surface area contributed by atoms with E-state index in [1.807, 2.05) is 19.1 Å². The Hall–Kier alpha value is -1.88. The lowest BCUT2D eigenvalue weighted by Gasteiger charge is -2.22. The molecule has 1 aliphatic rings. The molecule has 0 bridgehead atoms. The topological polar surface area (TPSA) is 70.2 Å². The van der Waals surface area contributed by atoms with E-state index in [-0.39, 0.29) is 17.7 Å². The van der Waals surface area contributed by atoms with Gasteiger partial charge in [-0.15, -0.1) is 0 Å². The normalized spacial score (nSPS) is 18.4. The Morgan fingerprint density at radius 3 is 2.75 bits per heavy atom. The monoisotopic (exact) mass is 275 g/mol. The Morgan fingerprint density at radius 1 is 1.30 bits per heavy atom. The van der Waals surface area contributed by atoms with Crippen molar-refractivity contribution in [2.24, 2.45) is 5.92 Å². The van der Waals surface area contributed by atoms with Crippen molar-refractivity contribution in [2.45, 2.75) is 26.7 Å². The number of piperidine rings is 1. The summed E-state index contributed by atoms with van der Waals surface area (Å²) in [4.78, 5) is 23.3. The smallest absolute Gasteiger partial charge is 0.228 e. The largest absolute Gasteiger partial charge is 0.326 e. The summed E-state index contributed by atoms with van der Waals surface area (Å²) >= 11 is 0. The number of carbonyl (C=O) groups is 2. The van der Waals surface area contributed by atoms with Gasteiger partial charge in [0, 0.05) is 24.8 Å². The highest BCUT2D eigenvalue weighted by atomic mass is 16.2. The summed E-state index contributed by atoms with van der Waals surface area (Å²) in [6.07, 6.45) is 1.95. The molecule has 20 heavy (non-hydrogen) atoms. The van der Waals surface area contributed by atoms with Gasteiger partial charge in [0.15, 0.2) is 0 Å². The highest BCUT2D eigenvalue weighted by Gasteiger charge is 2.20. The second kappa shape index (κ2) is 6.52. The van der Waals surface area contributed by atoms with Crippen LogP contribution in [-0.4, -0.2) is 24.9 Å². The average molecular weight is 275 g/mol. The summed E-state index contributed by atoms with van der Waals surface area (Å²) in [6.45, 7) is 5.11. The molecular formula is C15H21N3O2. The average Bonchev–Trinajstić information content (AvgIpc) is 2.43. The molecule has 1 aliphatic heterocycles. The van der Waals surface area contributed by atoms with Crippen LogP contribution in [-0.2, 0) is 9.59 Å². The molecule has 0 saturated carbocycles. The van der Waals surface area contributed by atoms with Crippen molar-refractivity contribution >= 4 is 23.2 Å². The first kappa shape index (κ1) is 14.5. The van der Waals surface area contributed by atoms with E-state index in [0.717, 1.165) is 42.9 Å². The minimum atomic E-state index is -0.118. The second-order valence-electron chi connectivity index (χ2n) is 5.24. The summed E-state index contributed by atoms with van der Waals surface area (Å²) in [6, 6.07) is 5.54. The molecule has 2 amide bonds. The van der Waals surface area contributed by atoms with Crippen molar-refractivity contribution in [3.63, 3.8) is 0 Å². The van der Waals surface area contributed by atoms with Gasteiger partial charge in [0.25, 0.3) is 0 Å². The highest BCUT2D eigenvalue weighted by Crippen LogP contribution is 2.21. The maximum atomic E-state index is 12.1. The van der Waals surface area contributed by atoms with Crippen LogP contribution < -0.4 is 16.0 Å². The van der Waals surface area contributed by atoms with Crippen molar-refractivity contribution in [2.75, 3.05) is 23.7 Å². The molecule has 0 aromatic heterocycles. The van der Waals surface area contributed by atoms with Gasteiger partial charge in [0.1, 0.15) is 0 Å². The minimum absolute atomic E-state index is 0.0225. The first-order valence-electron chi connectivity index (χ1n) is 6.96. The first-order chi connectivity index (χ1) is 9.56. The molecule has 0 radical (unpaired) electrons. The third-order valence-electron chi connectivity index (χ3n) is 3.48. The zero-order valence-corrected chi connectivity index (χ0v) is 12.0. The fraction of sp³-hybridized carbons (Fsp3) is 0.467. The number of amides is 2. The maximum Gasteiger partial charge on any atom is 0.228 e. The molecule has 0 aliphatic carbocycles. The molecule has 1 aromatic rings. The van der Waals surface area contributed by atoms with Gasteiger partial charge in [-0.25, -0.2) is 0 Å². The van der Waals surface area contributed by atoms with Crippen LogP contribution in [0.3, 0.4) is 0 Å². The molecule has 1 atom stereocenters. The Morgan fingerprint density at radius 2 is 2.10 bits per heavy atom. The molecule has 0 unspecified atom stereocenters. The lowest BCUT2D eigenvalue weighted by molar-refractivity contribution is -0.120. The number of carbonyl (C=O) groups excluding carboxylic acids is 2. The number of benzene rings is 1. The van der Waals surface area contributed by atoms with Crippen molar-refractivity contribution < 1.29 is 9.59 Å². The third kappa shape index (κ3) is 3.81. The Balaban J connectivity index is 2.05. The molecule has 1 saturated heterocycles. The molecule has 5 nitrogen and oxygen atoms in total. The Kier molecular flexibility index (Phi) is 4.74. The number of hydrogen-bond acceptors (Lipinski definition) is 3. The van der Waals surface area contributed by atoms with E-state index in [1.54, 1.807) is 6.07 Å². The van der Waals surface area contributed by atoms with E-state index in [1.165, 1.54) is 6.92 Å². The van der Waals surface area contributed by atoms with E-state index < -0.39 is 0 Å². The second-order valence-corrected chi connectivity index (χ2v) is 5.24. The van der Waals surface area contributed by atoms with Crippen LogP contribution in [0.2, 0.25) is 0 Å². The SMILES string of the molecule is CC(=O)Nc1cc(NC(=O)[C@@H]2CCCNC2)ccc1C. The Bertz CT molecular complexity index is 508. The van der Waals surface area contributed by atoms with E-state index in [0.29, 0.717) is 0 Å². The predicted molar refractivity (Wildman–Crippen MR) is 79.7 cm³/mol. The number of rotatable bonds is 3. The van der Waals surface area contributed by atoms with Crippen molar-refractivity contribution in [1.29, 1.82) is 0 Å². The van der Waals surface area contributed by atoms with Crippen LogP contribution in [0.4, 0.5) is 11.4 Å². The van der Waals surface area contributed by atoms with Gasteiger partial charge in [-0.05, 0) is 44.0 Å². The van der Waals surface area contributed by atoms with Crippen LogP contribution >= 0.6 is 0 Å². The number of nitrogens with one attached hydrogen (secondary N) is 3. The predicted octanol–water partition coefficient (Wildman–Crippen LogP) is 1.89. The highest BCUT2D eigenvalue weighted by molar-refractivity contribution is 5.95. The molecule has 1 heterocycles. The molecule has 1 fully saturated rings. The summed E-state index contributed by atoms with van der Waals surface area (Å²) in [7, 11) is 0. The molecule has 5 heteroatoms. The van der Waals surface area contributed by atoms with Crippen LogP contribution in [0.15, 0.2) is 18.2 Å². The number of aryl methyl sites for hydroxylation is 1. The van der Waals surface area contributed by atoms with E-state index >= 15 is 0 Å². The molecule has 0 spiro atoms. The van der Waals surface area contributed by atoms with E-state index in [9.17, 15) is 9.59 Å². The first-order valence-corrected chi connectivity index (χ1v) is 6.96. The van der Waals surface area contributed by atoms with Gasteiger partial charge in [0.2, 0.25) is 11.8 Å². The van der Waals surface area contributed by atoms with Gasteiger partial charge < -0.3 is 16.0 Å². The van der Waals surface area contributed by atoms with Gasteiger partial charge in [-0.2, -0.15) is 0 Å². The van der Waals surface area contributed by atoms with Crippen molar-refractivity contribution in [3.8, 4) is 0 Å². The van der Waals surface area contributed by atoms with E-state index in [4.69, 9.17) is 0 Å². The van der Waals surface area contributed by atoms with Gasteiger partial charge in [0.05, 0.1) is 5.92 Å². The van der Waals surface area contributed by atoms with Gasteiger partial charge in [-0.1, -0.05) is 6.07 Å². The molecule has 3 N–H and O–H groups in total. The quantitative estimate of drug-likeness (QED) is 0.789. The van der Waals surface area contributed by atoms with E-state index in [2.05, 4.69) is 16.0 Å². The summed E-state index contributed by atoms with van der Waals surface area (Å²) in [5, 5.41) is 8.92. The van der Waals surface area contributed by atoms with Gasteiger partial charge >= 0.3 is 0 Å². The molecular weight excluding hydrogens is 254 g/mol. The van der Waals surface area contributed by atoms with Crippen LogP contribution in [0.1, 0.15) is 25.3 Å². The maximum absolute atomic E-state index is 12.1. The van der Waals surface area contributed by atoms with Crippen LogP contribution in [0.25, 0.3) is 0 Å². The fourth-order valence-electron chi connectivity index (χ4n) is 2.34. The standard InChI is InChI=1S/C15H21N3O2/c1-10-5-6-13(8-14(10)17-11(2)19)18-15(20)12-4-3-7-16-9-12/h5-6,8,12,16H,3-4,7,9H2,1-2H3,(H,17,19)(H,18,20)/t12-/m1/s1. The molecule has 108 valence electrons. The fourth-order valence-corrected chi connectivity index (χ4v) is 2.34. The minimum Gasteiger partial charge on any atom is -0.326 e. The van der Waals surface area contributed by atoms with Crippen LogP contribution in [0, 0.1) is 12.8 Å². The van der Waals surface area contributed by atoms with Crippen LogP contribution in [0.5, 0.6) is 0 Å². The lowest BCUT2D eigenvalue weighted by Crippen LogP contribution is -2.37. The number of anilines is 2. The lowest BCUT2D eigenvalue weighted by atomic mass is 9.98. The third-order valence-corrected chi connectivity index (χ3v) is 3.48. The summed E-state index contributed by atoms with van der Waals surface area (Å²) in [5.74, 6) is -0.0582. The number of hydrogen-bond donors (Lipinski definition) is 3. The molecule has 1 aromatic carbocycles. The Labute approximate surface area is 119 Å².